The number of amides is 2. The Morgan fingerprint density at radius 3 is 2.50 bits per heavy atom. The number of carbonyl (C=O) groups is 2. The third kappa shape index (κ3) is 5.69. The highest BCUT2D eigenvalue weighted by molar-refractivity contribution is 6.09. The minimum atomic E-state index is -0.547. The summed E-state index contributed by atoms with van der Waals surface area (Å²) in [4.78, 5) is 29.3. The SMILES string of the molecule is CC(C)c1ccc(N2CCC(C(=O)NCCCN3CCNCC3)C2=O)cc1.Cl. The Morgan fingerprint density at radius 1 is 1.18 bits per heavy atom. The van der Waals surface area contributed by atoms with Crippen molar-refractivity contribution in [3.63, 3.8) is 0 Å². The monoisotopic (exact) mass is 408 g/mol. The van der Waals surface area contributed by atoms with Crippen molar-refractivity contribution in [1.82, 2.24) is 15.5 Å². The summed E-state index contributed by atoms with van der Waals surface area (Å²) in [6.45, 7) is 10.8. The molecule has 2 aliphatic rings. The maximum atomic E-state index is 12.7. The lowest BCUT2D eigenvalue weighted by molar-refractivity contribution is -0.132. The van der Waals surface area contributed by atoms with Crippen LogP contribution in [-0.2, 0) is 9.59 Å². The number of rotatable bonds is 7. The van der Waals surface area contributed by atoms with Gasteiger partial charge in [0.05, 0.1) is 0 Å². The van der Waals surface area contributed by atoms with Gasteiger partial charge in [0, 0.05) is 45.0 Å². The quantitative estimate of drug-likeness (QED) is 0.535. The van der Waals surface area contributed by atoms with Crippen LogP contribution in [0.25, 0.3) is 0 Å². The lowest BCUT2D eigenvalue weighted by Gasteiger charge is -2.27. The topological polar surface area (TPSA) is 64.7 Å². The molecule has 2 N–H and O–H groups in total. The van der Waals surface area contributed by atoms with E-state index in [4.69, 9.17) is 0 Å². The summed E-state index contributed by atoms with van der Waals surface area (Å²) >= 11 is 0. The van der Waals surface area contributed by atoms with Crippen molar-refractivity contribution in [2.24, 2.45) is 5.92 Å². The number of anilines is 1. The highest BCUT2D eigenvalue weighted by Gasteiger charge is 2.37. The van der Waals surface area contributed by atoms with Crippen LogP contribution in [0.4, 0.5) is 5.69 Å². The van der Waals surface area contributed by atoms with Crippen LogP contribution in [0, 0.1) is 5.92 Å². The molecular formula is C21H33ClN4O2. The molecule has 1 atom stereocenters. The standard InChI is InChI=1S/C21H32N4O2.ClH/c1-16(2)17-4-6-18(7-5-17)25-13-8-19(21(25)27)20(26)23-9-3-12-24-14-10-22-11-15-24;/h4-7,16,19,22H,3,8-15H2,1-2H3,(H,23,26);1H. The molecule has 7 heteroatoms. The van der Waals surface area contributed by atoms with Gasteiger partial charge >= 0.3 is 0 Å². The van der Waals surface area contributed by atoms with Crippen molar-refractivity contribution in [3.8, 4) is 0 Å². The average molecular weight is 409 g/mol. The second-order valence-electron chi connectivity index (χ2n) is 7.81. The van der Waals surface area contributed by atoms with Crippen molar-refractivity contribution in [1.29, 1.82) is 0 Å². The maximum absolute atomic E-state index is 12.7. The molecule has 1 aromatic rings. The van der Waals surface area contributed by atoms with Crippen molar-refractivity contribution < 1.29 is 9.59 Å². The van der Waals surface area contributed by atoms with E-state index in [2.05, 4.69) is 41.5 Å². The zero-order valence-electron chi connectivity index (χ0n) is 16.9. The highest BCUT2D eigenvalue weighted by atomic mass is 35.5. The molecule has 0 saturated carbocycles. The second-order valence-corrected chi connectivity index (χ2v) is 7.81. The van der Waals surface area contributed by atoms with E-state index in [-0.39, 0.29) is 24.2 Å². The number of piperazine rings is 1. The van der Waals surface area contributed by atoms with Gasteiger partial charge in [-0.3, -0.25) is 9.59 Å². The lowest BCUT2D eigenvalue weighted by atomic mass is 10.0. The molecule has 3 rings (SSSR count). The molecule has 0 radical (unpaired) electrons. The van der Waals surface area contributed by atoms with E-state index in [0.717, 1.165) is 44.8 Å². The van der Waals surface area contributed by atoms with E-state index in [1.807, 2.05) is 12.1 Å². The molecule has 28 heavy (non-hydrogen) atoms. The number of carbonyl (C=O) groups excluding carboxylic acids is 2. The van der Waals surface area contributed by atoms with E-state index in [9.17, 15) is 9.59 Å². The molecule has 2 fully saturated rings. The summed E-state index contributed by atoms with van der Waals surface area (Å²) in [5.41, 5.74) is 2.14. The minimum absolute atomic E-state index is 0. The third-order valence-corrected chi connectivity index (χ3v) is 5.55. The number of hydrogen-bond acceptors (Lipinski definition) is 4. The Labute approximate surface area is 174 Å². The normalized spacial score (nSPS) is 20.3. The molecule has 2 amide bonds. The van der Waals surface area contributed by atoms with Crippen LogP contribution in [0.3, 0.4) is 0 Å². The first-order valence-electron chi connectivity index (χ1n) is 10.2. The van der Waals surface area contributed by atoms with Crippen LogP contribution in [0.2, 0.25) is 0 Å². The molecule has 156 valence electrons. The van der Waals surface area contributed by atoms with Gasteiger partial charge in [-0.05, 0) is 43.0 Å². The molecule has 2 heterocycles. The summed E-state index contributed by atoms with van der Waals surface area (Å²) in [5.74, 6) is -0.282. The van der Waals surface area contributed by atoms with E-state index >= 15 is 0 Å². The number of nitrogens with one attached hydrogen (secondary N) is 2. The molecule has 0 aromatic heterocycles. The minimum Gasteiger partial charge on any atom is -0.355 e. The van der Waals surface area contributed by atoms with Crippen LogP contribution in [-0.4, -0.2) is 62.5 Å². The maximum Gasteiger partial charge on any atom is 0.239 e. The molecule has 2 saturated heterocycles. The van der Waals surface area contributed by atoms with Gasteiger partial charge in [-0.1, -0.05) is 26.0 Å². The van der Waals surface area contributed by atoms with Gasteiger partial charge in [0.25, 0.3) is 0 Å². The highest BCUT2D eigenvalue weighted by Crippen LogP contribution is 2.27. The zero-order chi connectivity index (χ0) is 19.2. The molecule has 0 aliphatic carbocycles. The molecule has 1 unspecified atom stereocenters. The smallest absolute Gasteiger partial charge is 0.239 e. The molecule has 1 aromatic carbocycles. The zero-order valence-corrected chi connectivity index (χ0v) is 17.8. The van der Waals surface area contributed by atoms with Crippen molar-refractivity contribution in [3.05, 3.63) is 29.8 Å². The van der Waals surface area contributed by atoms with Crippen molar-refractivity contribution in [2.75, 3.05) is 50.7 Å². The summed E-state index contributed by atoms with van der Waals surface area (Å²) in [6.07, 6.45) is 1.52. The predicted molar refractivity (Wildman–Crippen MR) is 115 cm³/mol. The number of hydrogen-bond donors (Lipinski definition) is 2. The van der Waals surface area contributed by atoms with Crippen LogP contribution in [0.15, 0.2) is 24.3 Å². The molecule has 2 aliphatic heterocycles. The number of benzene rings is 1. The number of nitrogens with zero attached hydrogens (tertiary/aromatic N) is 2. The fourth-order valence-electron chi connectivity index (χ4n) is 3.79. The molecule has 6 nitrogen and oxygen atoms in total. The Bertz CT molecular complexity index is 644. The number of halogens is 1. The summed E-state index contributed by atoms with van der Waals surface area (Å²) in [5, 5.41) is 6.30. The van der Waals surface area contributed by atoms with Gasteiger partial charge in [-0.15, -0.1) is 12.4 Å². The Balaban J connectivity index is 0.00000280. The largest absolute Gasteiger partial charge is 0.355 e. The van der Waals surface area contributed by atoms with Crippen LogP contribution < -0.4 is 15.5 Å². The summed E-state index contributed by atoms with van der Waals surface area (Å²) in [6, 6.07) is 8.11. The van der Waals surface area contributed by atoms with Gasteiger partial charge in [0.1, 0.15) is 5.92 Å². The van der Waals surface area contributed by atoms with Crippen LogP contribution >= 0.6 is 12.4 Å². The Hall–Kier alpha value is -1.63. The van der Waals surface area contributed by atoms with Gasteiger partial charge in [0.2, 0.25) is 11.8 Å². The van der Waals surface area contributed by atoms with Gasteiger partial charge in [0.15, 0.2) is 0 Å². The summed E-state index contributed by atoms with van der Waals surface area (Å²) in [7, 11) is 0. The van der Waals surface area contributed by atoms with E-state index in [1.54, 1.807) is 4.90 Å². The van der Waals surface area contributed by atoms with Crippen LogP contribution in [0.5, 0.6) is 0 Å². The van der Waals surface area contributed by atoms with Gasteiger partial charge < -0.3 is 20.4 Å². The molecule has 0 spiro atoms. The molecular weight excluding hydrogens is 376 g/mol. The lowest BCUT2D eigenvalue weighted by Crippen LogP contribution is -2.44. The van der Waals surface area contributed by atoms with Gasteiger partial charge in [-0.25, -0.2) is 0 Å². The van der Waals surface area contributed by atoms with E-state index in [1.165, 1.54) is 5.56 Å². The van der Waals surface area contributed by atoms with E-state index < -0.39 is 5.92 Å². The first-order chi connectivity index (χ1) is 13.1. The second kappa shape index (κ2) is 10.8. The third-order valence-electron chi connectivity index (χ3n) is 5.55. The molecule has 0 bridgehead atoms. The fraction of sp³-hybridized carbons (Fsp3) is 0.619. The van der Waals surface area contributed by atoms with Crippen molar-refractivity contribution >= 4 is 29.9 Å². The predicted octanol–water partition coefficient (Wildman–Crippen LogP) is 2.00. The first-order valence-corrected chi connectivity index (χ1v) is 10.2. The summed E-state index contributed by atoms with van der Waals surface area (Å²) < 4.78 is 0. The van der Waals surface area contributed by atoms with Gasteiger partial charge in [-0.2, -0.15) is 0 Å². The van der Waals surface area contributed by atoms with Crippen LogP contribution in [0.1, 0.15) is 38.2 Å². The fourth-order valence-corrected chi connectivity index (χ4v) is 3.79. The van der Waals surface area contributed by atoms with Crippen molar-refractivity contribution in [2.45, 2.75) is 32.6 Å². The Morgan fingerprint density at radius 2 is 1.86 bits per heavy atom. The first kappa shape index (κ1) is 22.7. The Kier molecular flexibility index (Phi) is 8.73. The average Bonchev–Trinajstić information content (AvgIpc) is 3.07. The van der Waals surface area contributed by atoms with E-state index in [0.29, 0.717) is 25.4 Å².